The van der Waals surface area contributed by atoms with Gasteiger partial charge >= 0.3 is 0 Å². The van der Waals surface area contributed by atoms with Gasteiger partial charge in [-0.25, -0.2) is 0 Å². The van der Waals surface area contributed by atoms with Gasteiger partial charge in [0.2, 0.25) is 5.91 Å². The predicted octanol–water partition coefficient (Wildman–Crippen LogP) is 2.49. The standard InChI is InChI=1S/C22H27N3O3/c23-13-16-5-7-17(8-6-16)21(27)25-14-19(20(26)24-18-3-1-2-4-18)22(15-25)9-11-28-12-10-22/h5-8,18-19H,1-4,9-12,14-15H2,(H,24,26). The molecule has 0 aromatic heterocycles. The number of nitrogens with zero attached hydrogens (tertiary/aromatic N) is 2. The molecule has 1 N–H and O–H groups in total. The second-order valence-electron chi connectivity index (χ2n) is 8.39. The summed E-state index contributed by atoms with van der Waals surface area (Å²) in [5.74, 6) is -0.144. The van der Waals surface area contributed by atoms with Crippen LogP contribution in [0.4, 0.5) is 0 Å². The lowest BCUT2D eigenvalue weighted by atomic mass is 9.71. The van der Waals surface area contributed by atoms with Crippen molar-refractivity contribution in [3.8, 4) is 6.07 Å². The van der Waals surface area contributed by atoms with Crippen molar-refractivity contribution >= 4 is 11.8 Å². The van der Waals surface area contributed by atoms with E-state index in [1.807, 2.05) is 4.90 Å². The highest BCUT2D eigenvalue weighted by molar-refractivity contribution is 5.95. The van der Waals surface area contributed by atoms with Crippen molar-refractivity contribution < 1.29 is 14.3 Å². The van der Waals surface area contributed by atoms with Crippen LogP contribution in [-0.2, 0) is 9.53 Å². The average Bonchev–Trinajstić information content (AvgIpc) is 3.36. The molecule has 1 aromatic carbocycles. The number of benzene rings is 1. The first-order chi connectivity index (χ1) is 13.6. The van der Waals surface area contributed by atoms with E-state index < -0.39 is 0 Å². The van der Waals surface area contributed by atoms with Crippen molar-refractivity contribution in [3.63, 3.8) is 0 Å². The number of amides is 2. The highest BCUT2D eigenvalue weighted by Gasteiger charge is 2.52. The summed E-state index contributed by atoms with van der Waals surface area (Å²) < 4.78 is 5.56. The molecule has 1 aliphatic carbocycles. The SMILES string of the molecule is N#Cc1ccc(C(=O)N2CC(C(=O)NC3CCCC3)C3(CCOCC3)C2)cc1. The monoisotopic (exact) mass is 381 g/mol. The Kier molecular flexibility index (Phi) is 5.36. The number of carbonyl (C=O) groups excluding carboxylic acids is 2. The minimum Gasteiger partial charge on any atom is -0.381 e. The van der Waals surface area contributed by atoms with Gasteiger partial charge in [-0.15, -0.1) is 0 Å². The fourth-order valence-electron chi connectivity index (χ4n) is 5.01. The van der Waals surface area contributed by atoms with Crippen molar-refractivity contribution in [2.24, 2.45) is 11.3 Å². The fraction of sp³-hybridized carbons (Fsp3) is 0.591. The summed E-state index contributed by atoms with van der Waals surface area (Å²) in [5, 5.41) is 12.2. The molecule has 1 saturated carbocycles. The zero-order valence-electron chi connectivity index (χ0n) is 16.2. The Hall–Kier alpha value is -2.39. The molecular formula is C22H27N3O3. The summed E-state index contributed by atoms with van der Waals surface area (Å²) in [6.45, 7) is 2.34. The second kappa shape index (κ2) is 7.92. The minimum absolute atomic E-state index is 0.0634. The minimum atomic E-state index is -0.191. The molecule has 6 heteroatoms. The Morgan fingerprint density at radius 2 is 1.82 bits per heavy atom. The molecule has 28 heavy (non-hydrogen) atoms. The van der Waals surface area contributed by atoms with E-state index in [0.29, 0.717) is 37.4 Å². The molecule has 3 aliphatic rings. The van der Waals surface area contributed by atoms with E-state index >= 15 is 0 Å². The van der Waals surface area contributed by atoms with Crippen molar-refractivity contribution in [2.45, 2.75) is 44.6 Å². The largest absolute Gasteiger partial charge is 0.381 e. The van der Waals surface area contributed by atoms with Crippen LogP contribution in [-0.4, -0.2) is 49.1 Å². The van der Waals surface area contributed by atoms with E-state index in [9.17, 15) is 9.59 Å². The van der Waals surface area contributed by atoms with Gasteiger partial charge in [-0.05, 0) is 49.9 Å². The van der Waals surface area contributed by atoms with Gasteiger partial charge in [-0.3, -0.25) is 9.59 Å². The first kappa shape index (κ1) is 18.9. The van der Waals surface area contributed by atoms with Gasteiger partial charge in [0, 0.05) is 43.3 Å². The number of hydrogen-bond donors (Lipinski definition) is 1. The van der Waals surface area contributed by atoms with Crippen LogP contribution < -0.4 is 5.32 Å². The number of hydrogen-bond acceptors (Lipinski definition) is 4. The van der Waals surface area contributed by atoms with Crippen LogP contribution in [0.15, 0.2) is 24.3 Å². The maximum Gasteiger partial charge on any atom is 0.253 e. The van der Waals surface area contributed by atoms with Crippen LogP contribution in [0.3, 0.4) is 0 Å². The van der Waals surface area contributed by atoms with Gasteiger partial charge in [-0.2, -0.15) is 5.26 Å². The summed E-state index contributed by atoms with van der Waals surface area (Å²) in [4.78, 5) is 28.0. The third-order valence-corrected chi connectivity index (χ3v) is 6.70. The van der Waals surface area contributed by atoms with Crippen molar-refractivity contribution in [2.75, 3.05) is 26.3 Å². The molecule has 1 unspecified atom stereocenters. The highest BCUT2D eigenvalue weighted by Crippen LogP contribution is 2.45. The summed E-state index contributed by atoms with van der Waals surface area (Å²) in [5.41, 5.74) is 0.911. The van der Waals surface area contributed by atoms with Gasteiger partial charge in [0.15, 0.2) is 0 Å². The fourth-order valence-corrected chi connectivity index (χ4v) is 5.01. The van der Waals surface area contributed by atoms with Gasteiger partial charge in [-0.1, -0.05) is 12.8 Å². The smallest absolute Gasteiger partial charge is 0.253 e. The molecule has 2 amide bonds. The summed E-state index contributed by atoms with van der Waals surface area (Å²) in [6, 6.07) is 9.08. The van der Waals surface area contributed by atoms with Crippen LogP contribution in [0.5, 0.6) is 0 Å². The Balaban J connectivity index is 1.52. The Bertz CT molecular complexity index is 771. The third-order valence-electron chi connectivity index (χ3n) is 6.70. The van der Waals surface area contributed by atoms with E-state index in [1.165, 1.54) is 12.8 Å². The highest BCUT2D eigenvalue weighted by atomic mass is 16.5. The van der Waals surface area contributed by atoms with E-state index in [-0.39, 0.29) is 29.2 Å². The Morgan fingerprint density at radius 3 is 2.46 bits per heavy atom. The normalized spacial score (nSPS) is 24.2. The summed E-state index contributed by atoms with van der Waals surface area (Å²) in [6.07, 6.45) is 6.10. The third kappa shape index (κ3) is 3.64. The Labute approximate surface area is 165 Å². The van der Waals surface area contributed by atoms with Gasteiger partial charge in [0.1, 0.15) is 0 Å². The van der Waals surface area contributed by atoms with Crippen LogP contribution in [0, 0.1) is 22.7 Å². The lowest BCUT2D eigenvalue weighted by Crippen LogP contribution is -2.46. The molecule has 1 aromatic rings. The first-order valence-corrected chi connectivity index (χ1v) is 10.3. The quantitative estimate of drug-likeness (QED) is 0.872. The molecule has 3 fully saturated rings. The van der Waals surface area contributed by atoms with Crippen molar-refractivity contribution in [1.82, 2.24) is 10.2 Å². The number of rotatable bonds is 3. The van der Waals surface area contributed by atoms with Crippen molar-refractivity contribution in [3.05, 3.63) is 35.4 Å². The number of likely N-dealkylation sites (tertiary alicyclic amines) is 1. The van der Waals surface area contributed by atoms with E-state index in [1.54, 1.807) is 24.3 Å². The molecule has 6 nitrogen and oxygen atoms in total. The molecule has 1 atom stereocenters. The molecular weight excluding hydrogens is 354 g/mol. The summed E-state index contributed by atoms with van der Waals surface area (Å²) >= 11 is 0. The van der Waals surface area contributed by atoms with Crippen LogP contribution in [0.1, 0.15) is 54.4 Å². The first-order valence-electron chi connectivity index (χ1n) is 10.3. The Morgan fingerprint density at radius 1 is 1.14 bits per heavy atom. The molecule has 148 valence electrons. The lowest BCUT2D eigenvalue weighted by Gasteiger charge is -2.37. The maximum atomic E-state index is 13.1. The number of nitriles is 1. The van der Waals surface area contributed by atoms with Crippen LogP contribution >= 0.6 is 0 Å². The van der Waals surface area contributed by atoms with E-state index in [0.717, 1.165) is 25.7 Å². The number of ether oxygens (including phenoxy) is 1. The van der Waals surface area contributed by atoms with Crippen LogP contribution in [0.2, 0.25) is 0 Å². The van der Waals surface area contributed by atoms with Gasteiger partial charge < -0.3 is 15.0 Å². The van der Waals surface area contributed by atoms with Gasteiger partial charge in [0.05, 0.1) is 17.6 Å². The second-order valence-corrected chi connectivity index (χ2v) is 8.39. The van der Waals surface area contributed by atoms with E-state index in [4.69, 9.17) is 10.00 Å². The molecule has 0 radical (unpaired) electrons. The lowest BCUT2D eigenvalue weighted by molar-refractivity contribution is -0.130. The van der Waals surface area contributed by atoms with E-state index in [2.05, 4.69) is 11.4 Å². The zero-order valence-corrected chi connectivity index (χ0v) is 16.2. The molecule has 4 rings (SSSR count). The molecule has 2 heterocycles. The molecule has 0 bridgehead atoms. The van der Waals surface area contributed by atoms with Gasteiger partial charge in [0.25, 0.3) is 5.91 Å². The maximum absolute atomic E-state index is 13.1. The number of nitrogens with one attached hydrogen (secondary N) is 1. The van der Waals surface area contributed by atoms with Crippen LogP contribution in [0.25, 0.3) is 0 Å². The molecule has 2 aliphatic heterocycles. The molecule has 2 saturated heterocycles. The predicted molar refractivity (Wildman–Crippen MR) is 103 cm³/mol. The topological polar surface area (TPSA) is 82.4 Å². The summed E-state index contributed by atoms with van der Waals surface area (Å²) in [7, 11) is 0. The van der Waals surface area contributed by atoms with Crippen molar-refractivity contribution in [1.29, 1.82) is 5.26 Å². The number of carbonyl (C=O) groups is 2. The average molecular weight is 381 g/mol. The molecule has 1 spiro atoms. The zero-order chi connectivity index (χ0) is 19.6.